The molecule has 104 valence electrons. The molecule has 0 aromatic carbocycles. The SMILES string of the molecule is CC(C)Cn1ncnc1CNCCCC(F)(F)F. The van der Waals surface area contributed by atoms with Gasteiger partial charge in [0.25, 0.3) is 0 Å². The third kappa shape index (κ3) is 6.00. The monoisotopic (exact) mass is 264 g/mol. The minimum absolute atomic E-state index is 0.0851. The molecule has 0 amide bonds. The van der Waals surface area contributed by atoms with Gasteiger partial charge in [-0.2, -0.15) is 18.3 Å². The van der Waals surface area contributed by atoms with Crippen molar-refractivity contribution in [1.29, 1.82) is 0 Å². The molecule has 0 saturated carbocycles. The zero-order valence-electron chi connectivity index (χ0n) is 10.7. The second-order valence-electron chi connectivity index (χ2n) is 4.65. The van der Waals surface area contributed by atoms with Crippen LogP contribution in [-0.4, -0.2) is 27.5 Å². The van der Waals surface area contributed by atoms with E-state index in [0.29, 0.717) is 19.0 Å². The van der Waals surface area contributed by atoms with Gasteiger partial charge in [-0.1, -0.05) is 13.8 Å². The van der Waals surface area contributed by atoms with E-state index in [1.54, 1.807) is 4.68 Å². The Bertz CT molecular complexity index is 346. The fourth-order valence-corrected chi connectivity index (χ4v) is 1.54. The number of nitrogens with one attached hydrogen (secondary N) is 1. The molecule has 0 aliphatic rings. The van der Waals surface area contributed by atoms with Crippen LogP contribution in [0.3, 0.4) is 0 Å². The van der Waals surface area contributed by atoms with Crippen LogP contribution in [0.5, 0.6) is 0 Å². The first-order valence-electron chi connectivity index (χ1n) is 6.02. The van der Waals surface area contributed by atoms with E-state index in [4.69, 9.17) is 0 Å². The van der Waals surface area contributed by atoms with E-state index in [1.807, 2.05) is 0 Å². The number of hydrogen-bond acceptors (Lipinski definition) is 3. The Morgan fingerprint density at radius 2 is 2.11 bits per heavy atom. The van der Waals surface area contributed by atoms with Gasteiger partial charge in [0, 0.05) is 13.0 Å². The van der Waals surface area contributed by atoms with Gasteiger partial charge in [0.15, 0.2) is 0 Å². The summed E-state index contributed by atoms with van der Waals surface area (Å²) in [6, 6.07) is 0. The quantitative estimate of drug-likeness (QED) is 0.769. The van der Waals surface area contributed by atoms with Gasteiger partial charge in [-0.3, -0.25) is 0 Å². The summed E-state index contributed by atoms with van der Waals surface area (Å²) in [5.74, 6) is 1.21. The van der Waals surface area contributed by atoms with Crippen molar-refractivity contribution in [3.05, 3.63) is 12.2 Å². The van der Waals surface area contributed by atoms with Gasteiger partial charge in [-0.25, -0.2) is 9.67 Å². The van der Waals surface area contributed by atoms with Gasteiger partial charge < -0.3 is 5.32 Å². The Morgan fingerprint density at radius 3 is 2.72 bits per heavy atom. The maximum atomic E-state index is 11.9. The van der Waals surface area contributed by atoms with E-state index in [-0.39, 0.29) is 6.42 Å². The van der Waals surface area contributed by atoms with Crippen molar-refractivity contribution in [3.63, 3.8) is 0 Å². The third-order valence-corrected chi connectivity index (χ3v) is 2.33. The van der Waals surface area contributed by atoms with Crippen LogP contribution in [0.25, 0.3) is 0 Å². The average Bonchev–Trinajstić information content (AvgIpc) is 2.62. The number of halogens is 3. The second-order valence-corrected chi connectivity index (χ2v) is 4.65. The Balaban J connectivity index is 2.25. The lowest BCUT2D eigenvalue weighted by molar-refractivity contribution is -0.135. The van der Waals surface area contributed by atoms with Crippen molar-refractivity contribution in [2.75, 3.05) is 6.54 Å². The van der Waals surface area contributed by atoms with E-state index < -0.39 is 12.6 Å². The minimum atomic E-state index is -4.07. The summed E-state index contributed by atoms with van der Waals surface area (Å²) in [4.78, 5) is 4.08. The summed E-state index contributed by atoms with van der Waals surface area (Å²) in [6.07, 6.45) is -3.27. The van der Waals surface area contributed by atoms with E-state index in [0.717, 1.165) is 12.4 Å². The zero-order valence-corrected chi connectivity index (χ0v) is 10.7. The molecule has 7 heteroatoms. The summed E-state index contributed by atoms with van der Waals surface area (Å²) in [6.45, 7) is 5.68. The Morgan fingerprint density at radius 1 is 1.39 bits per heavy atom. The third-order valence-electron chi connectivity index (χ3n) is 2.33. The molecule has 0 bridgehead atoms. The fraction of sp³-hybridized carbons (Fsp3) is 0.818. The van der Waals surface area contributed by atoms with Crippen LogP contribution in [0.1, 0.15) is 32.5 Å². The molecule has 0 aliphatic heterocycles. The van der Waals surface area contributed by atoms with E-state index in [2.05, 4.69) is 29.2 Å². The molecule has 0 spiro atoms. The van der Waals surface area contributed by atoms with E-state index in [9.17, 15) is 13.2 Å². The minimum Gasteiger partial charge on any atom is -0.310 e. The highest BCUT2D eigenvalue weighted by Crippen LogP contribution is 2.20. The Labute approximate surface area is 105 Å². The van der Waals surface area contributed by atoms with Crippen molar-refractivity contribution >= 4 is 0 Å². The highest BCUT2D eigenvalue weighted by atomic mass is 19.4. The first kappa shape index (κ1) is 14.9. The lowest BCUT2D eigenvalue weighted by Gasteiger charge is -2.10. The average molecular weight is 264 g/mol. The molecular formula is C11H19F3N4. The fourth-order valence-electron chi connectivity index (χ4n) is 1.54. The lowest BCUT2D eigenvalue weighted by atomic mass is 10.2. The Kier molecular flexibility index (Phi) is 5.58. The largest absolute Gasteiger partial charge is 0.389 e. The number of hydrogen-bond donors (Lipinski definition) is 1. The molecule has 0 unspecified atom stereocenters. The summed E-state index contributed by atoms with van der Waals surface area (Å²) in [7, 11) is 0. The van der Waals surface area contributed by atoms with Crippen LogP contribution in [0.15, 0.2) is 6.33 Å². The first-order chi connectivity index (χ1) is 8.38. The molecule has 1 heterocycles. The lowest BCUT2D eigenvalue weighted by Crippen LogP contribution is -2.21. The molecule has 0 radical (unpaired) electrons. The molecule has 1 aromatic rings. The maximum Gasteiger partial charge on any atom is 0.389 e. The molecule has 1 aromatic heterocycles. The van der Waals surface area contributed by atoms with Crippen molar-refractivity contribution < 1.29 is 13.2 Å². The van der Waals surface area contributed by atoms with E-state index in [1.165, 1.54) is 6.33 Å². The van der Waals surface area contributed by atoms with Gasteiger partial charge in [-0.05, 0) is 18.9 Å². The summed E-state index contributed by atoms with van der Waals surface area (Å²) >= 11 is 0. The maximum absolute atomic E-state index is 11.9. The predicted octanol–water partition coefficient (Wildman–Crippen LogP) is 2.37. The van der Waals surface area contributed by atoms with E-state index >= 15 is 0 Å². The van der Waals surface area contributed by atoms with Crippen LogP contribution >= 0.6 is 0 Å². The van der Waals surface area contributed by atoms with Gasteiger partial charge in [-0.15, -0.1) is 0 Å². The molecule has 18 heavy (non-hydrogen) atoms. The van der Waals surface area contributed by atoms with Crippen LogP contribution < -0.4 is 5.32 Å². The standard InChI is InChI=1S/C11H19F3N4/c1-9(2)7-18-10(16-8-17-18)6-15-5-3-4-11(12,13)14/h8-9,15H,3-7H2,1-2H3. The zero-order chi connectivity index (χ0) is 13.6. The summed E-state index contributed by atoms with van der Waals surface area (Å²) in [5.41, 5.74) is 0. The molecule has 0 aliphatic carbocycles. The first-order valence-corrected chi connectivity index (χ1v) is 6.02. The second kappa shape index (κ2) is 6.72. The van der Waals surface area contributed by atoms with Crippen LogP contribution in [0.4, 0.5) is 13.2 Å². The predicted molar refractivity (Wildman–Crippen MR) is 61.9 cm³/mol. The molecular weight excluding hydrogens is 245 g/mol. The molecule has 1 N–H and O–H groups in total. The van der Waals surface area contributed by atoms with Crippen molar-refractivity contribution in [2.45, 2.75) is 46.0 Å². The van der Waals surface area contributed by atoms with Gasteiger partial charge in [0.1, 0.15) is 12.2 Å². The molecule has 4 nitrogen and oxygen atoms in total. The van der Waals surface area contributed by atoms with Crippen molar-refractivity contribution in [2.24, 2.45) is 5.92 Å². The number of aromatic nitrogens is 3. The molecule has 0 atom stereocenters. The normalized spacial score (nSPS) is 12.3. The van der Waals surface area contributed by atoms with Crippen molar-refractivity contribution in [3.8, 4) is 0 Å². The van der Waals surface area contributed by atoms with Gasteiger partial charge in [0.2, 0.25) is 0 Å². The highest BCUT2D eigenvalue weighted by Gasteiger charge is 2.25. The van der Waals surface area contributed by atoms with Crippen LogP contribution in [-0.2, 0) is 13.1 Å². The summed E-state index contributed by atoms with van der Waals surface area (Å²) in [5, 5.41) is 7.03. The number of rotatable bonds is 7. The number of alkyl halides is 3. The van der Waals surface area contributed by atoms with Gasteiger partial charge in [0.05, 0.1) is 6.54 Å². The molecule has 1 rings (SSSR count). The topological polar surface area (TPSA) is 42.7 Å². The highest BCUT2D eigenvalue weighted by molar-refractivity contribution is 4.83. The Hall–Kier alpha value is -1.11. The van der Waals surface area contributed by atoms with Crippen molar-refractivity contribution in [1.82, 2.24) is 20.1 Å². The van der Waals surface area contributed by atoms with Crippen LogP contribution in [0, 0.1) is 5.92 Å². The van der Waals surface area contributed by atoms with Gasteiger partial charge >= 0.3 is 6.18 Å². The smallest absolute Gasteiger partial charge is 0.310 e. The molecule has 0 saturated heterocycles. The number of nitrogens with zero attached hydrogens (tertiary/aromatic N) is 3. The van der Waals surface area contributed by atoms with Crippen LogP contribution in [0.2, 0.25) is 0 Å². The molecule has 0 fully saturated rings. The summed E-state index contributed by atoms with van der Waals surface area (Å²) < 4.78 is 37.5.